The predicted octanol–water partition coefficient (Wildman–Crippen LogP) is 4.28. The van der Waals surface area contributed by atoms with E-state index in [4.69, 9.17) is 9.47 Å². The lowest BCUT2D eigenvalue weighted by Gasteiger charge is -2.11. The van der Waals surface area contributed by atoms with Crippen molar-refractivity contribution in [2.75, 3.05) is 13.2 Å². The van der Waals surface area contributed by atoms with Gasteiger partial charge in [-0.3, -0.25) is 4.79 Å². The second-order valence-electron chi connectivity index (χ2n) is 5.65. The van der Waals surface area contributed by atoms with Crippen LogP contribution in [0.1, 0.15) is 20.1 Å². The molecule has 2 aromatic carbocycles. The Morgan fingerprint density at radius 1 is 1.00 bits per heavy atom. The van der Waals surface area contributed by atoms with Crippen LogP contribution in [0.25, 0.3) is 0 Å². The maximum absolute atomic E-state index is 12.4. The number of para-hydroxylation sites is 2. The molecule has 0 aliphatic rings. The van der Waals surface area contributed by atoms with Gasteiger partial charge < -0.3 is 9.47 Å². The minimum absolute atomic E-state index is 0.320. The summed E-state index contributed by atoms with van der Waals surface area (Å²) in [5.41, 5.74) is 2.97. The Hall–Kier alpha value is -3.12. The third-order valence-electron chi connectivity index (χ3n) is 3.60. The van der Waals surface area contributed by atoms with E-state index >= 15 is 0 Å². The zero-order valence-electron chi connectivity index (χ0n) is 14.9. The zero-order valence-corrected chi connectivity index (χ0v) is 15.7. The summed E-state index contributed by atoms with van der Waals surface area (Å²) in [6.45, 7) is 2.74. The van der Waals surface area contributed by atoms with E-state index in [2.05, 4.69) is 10.5 Å². The van der Waals surface area contributed by atoms with Gasteiger partial charge in [0.2, 0.25) is 0 Å². The minimum atomic E-state index is -0.320. The molecule has 0 bridgehead atoms. The Balaban J connectivity index is 1.53. The zero-order chi connectivity index (χ0) is 18.9. The molecule has 6 heteroatoms. The van der Waals surface area contributed by atoms with E-state index in [9.17, 15) is 4.79 Å². The number of carbonyl (C=O) groups is 1. The third-order valence-corrected chi connectivity index (χ3v) is 4.54. The summed E-state index contributed by atoms with van der Waals surface area (Å²) in [5.74, 6) is 0.957. The second kappa shape index (κ2) is 9.54. The smallest absolute Gasteiger partial charge is 0.275 e. The van der Waals surface area contributed by atoms with Crippen molar-refractivity contribution in [3.8, 4) is 11.5 Å². The quantitative estimate of drug-likeness (QED) is 0.360. The fourth-order valence-electron chi connectivity index (χ4n) is 2.35. The highest BCUT2D eigenvalue weighted by atomic mass is 32.1. The monoisotopic (exact) mass is 380 g/mol. The molecule has 1 heterocycles. The predicted molar refractivity (Wildman–Crippen MR) is 108 cm³/mol. The third kappa shape index (κ3) is 5.69. The van der Waals surface area contributed by atoms with Crippen LogP contribution in [0, 0.1) is 6.92 Å². The molecule has 0 aliphatic carbocycles. The van der Waals surface area contributed by atoms with Crippen LogP contribution in [-0.2, 0) is 0 Å². The molecule has 1 amide bonds. The maximum atomic E-state index is 12.4. The van der Waals surface area contributed by atoms with Gasteiger partial charge in [-0.1, -0.05) is 30.3 Å². The van der Waals surface area contributed by atoms with Crippen LogP contribution in [0.2, 0.25) is 0 Å². The highest BCUT2D eigenvalue weighted by Crippen LogP contribution is 2.18. The van der Waals surface area contributed by atoms with Crippen molar-refractivity contribution in [1.29, 1.82) is 0 Å². The van der Waals surface area contributed by atoms with Crippen molar-refractivity contribution in [2.45, 2.75) is 6.92 Å². The van der Waals surface area contributed by atoms with Gasteiger partial charge in [-0.05, 0) is 43.3 Å². The van der Waals surface area contributed by atoms with Gasteiger partial charge in [0, 0.05) is 9.75 Å². The molecule has 5 nitrogen and oxygen atoms in total. The summed E-state index contributed by atoms with van der Waals surface area (Å²) in [7, 11) is 0. The number of nitrogens with zero attached hydrogens (tertiary/aromatic N) is 1. The lowest BCUT2D eigenvalue weighted by Crippen LogP contribution is -2.19. The van der Waals surface area contributed by atoms with Crippen LogP contribution in [0.3, 0.4) is 0 Å². The standard InChI is InChI=1S/C21H20N2O3S/c1-16-11-12-18(27-16)15-22-23-21(24)19-9-5-6-10-20(19)26-14-13-25-17-7-3-2-4-8-17/h2-12,15H,13-14H2,1H3,(H,23,24)/b22-15-. The molecule has 0 saturated carbocycles. The van der Waals surface area contributed by atoms with Crippen molar-refractivity contribution in [1.82, 2.24) is 5.43 Å². The topological polar surface area (TPSA) is 59.9 Å². The summed E-state index contributed by atoms with van der Waals surface area (Å²) < 4.78 is 11.3. The molecule has 1 aromatic heterocycles. The van der Waals surface area contributed by atoms with Gasteiger partial charge in [0.05, 0.1) is 11.8 Å². The first-order valence-corrected chi connectivity index (χ1v) is 9.33. The Kier molecular flexibility index (Phi) is 6.60. The fourth-order valence-corrected chi connectivity index (χ4v) is 3.09. The Morgan fingerprint density at radius 2 is 1.74 bits per heavy atom. The summed E-state index contributed by atoms with van der Waals surface area (Å²) in [6, 6.07) is 20.5. The number of ether oxygens (including phenoxy) is 2. The average Bonchev–Trinajstić information content (AvgIpc) is 3.11. The molecule has 138 valence electrons. The number of thiophene rings is 1. The molecule has 1 N–H and O–H groups in total. The van der Waals surface area contributed by atoms with Gasteiger partial charge in [0.1, 0.15) is 24.7 Å². The number of carbonyl (C=O) groups excluding carboxylic acids is 1. The van der Waals surface area contributed by atoms with Crippen LogP contribution in [-0.4, -0.2) is 25.3 Å². The molecule has 0 spiro atoms. The summed E-state index contributed by atoms with van der Waals surface area (Å²) >= 11 is 1.61. The molecular formula is C21H20N2O3S. The largest absolute Gasteiger partial charge is 0.490 e. The normalized spacial score (nSPS) is 10.7. The maximum Gasteiger partial charge on any atom is 0.275 e. The van der Waals surface area contributed by atoms with Gasteiger partial charge in [-0.25, -0.2) is 5.43 Å². The van der Waals surface area contributed by atoms with E-state index in [1.165, 1.54) is 4.88 Å². The first-order chi connectivity index (χ1) is 13.2. The van der Waals surface area contributed by atoms with Crippen LogP contribution in [0.15, 0.2) is 71.8 Å². The van der Waals surface area contributed by atoms with Crippen molar-refractivity contribution < 1.29 is 14.3 Å². The molecular weight excluding hydrogens is 360 g/mol. The SMILES string of the molecule is Cc1ccc(/C=N\NC(=O)c2ccccc2OCCOc2ccccc2)s1. The number of aryl methyl sites for hydroxylation is 1. The average molecular weight is 380 g/mol. The first-order valence-electron chi connectivity index (χ1n) is 8.52. The molecule has 0 radical (unpaired) electrons. The molecule has 0 unspecified atom stereocenters. The molecule has 3 rings (SSSR count). The molecule has 0 saturated heterocycles. The van der Waals surface area contributed by atoms with Crippen molar-refractivity contribution in [3.05, 3.63) is 82.0 Å². The summed E-state index contributed by atoms with van der Waals surface area (Å²) in [6.07, 6.45) is 1.63. The van der Waals surface area contributed by atoms with Crippen LogP contribution < -0.4 is 14.9 Å². The van der Waals surface area contributed by atoms with Gasteiger partial charge >= 0.3 is 0 Å². The highest BCUT2D eigenvalue weighted by molar-refractivity contribution is 7.13. The number of rotatable bonds is 8. The van der Waals surface area contributed by atoms with E-state index < -0.39 is 0 Å². The molecule has 3 aromatic rings. The van der Waals surface area contributed by atoms with Gasteiger partial charge in [0.15, 0.2) is 0 Å². The number of benzene rings is 2. The van der Waals surface area contributed by atoms with Crippen molar-refractivity contribution >= 4 is 23.5 Å². The number of amides is 1. The molecule has 0 fully saturated rings. The van der Waals surface area contributed by atoms with Gasteiger partial charge in [0.25, 0.3) is 5.91 Å². The summed E-state index contributed by atoms with van der Waals surface area (Å²) in [4.78, 5) is 14.6. The van der Waals surface area contributed by atoms with Gasteiger partial charge in [-0.15, -0.1) is 11.3 Å². The molecule has 0 atom stereocenters. The first kappa shape index (κ1) is 18.7. The number of hydrogen-bond donors (Lipinski definition) is 1. The number of nitrogens with one attached hydrogen (secondary N) is 1. The highest BCUT2D eigenvalue weighted by Gasteiger charge is 2.11. The molecule has 27 heavy (non-hydrogen) atoms. The van der Waals surface area contributed by atoms with Crippen LogP contribution in [0.4, 0.5) is 0 Å². The van der Waals surface area contributed by atoms with Gasteiger partial charge in [-0.2, -0.15) is 5.10 Å². The summed E-state index contributed by atoms with van der Waals surface area (Å²) in [5, 5.41) is 4.01. The number of hydrazone groups is 1. The minimum Gasteiger partial charge on any atom is -0.490 e. The van der Waals surface area contributed by atoms with E-state index in [0.29, 0.717) is 24.5 Å². The number of hydrogen-bond acceptors (Lipinski definition) is 5. The Bertz CT molecular complexity index is 907. The fraction of sp³-hybridized carbons (Fsp3) is 0.143. The van der Waals surface area contributed by atoms with Crippen molar-refractivity contribution in [2.24, 2.45) is 5.10 Å². The Labute approximate surface area is 162 Å². The Morgan fingerprint density at radius 3 is 2.52 bits per heavy atom. The van der Waals surface area contributed by atoms with Crippen LogP contribution in [0.5, 0.6) is 11.5 Å². The van der Waals surface area contributed by atoms with Crippen molar-refractivity contribution in [3.63, 3.8) is 0 Å². The van der Waals surface area contributed by atoms with E-state index in [1.807, 2.05) is 55.5 Å². The second-order valence-corrected chi connectivity index (χ2v) is 6.97. The van der Waals surface area contributed by atoms with E-state index in [1.54, 1.807) is 35.8 Å². The lowest BCUT2D eigenvalue weighted by atomic mass is 10.2. The van der Waals surface area contributed by atoms with E-state index in [0.717, 1.165) is 10.6 Å². The lowest BCUT2D eigenvalue weighted by molar-refractivity contribution is 0.0950. The van der Waals surface area contributed by atoms with E-state index in [-0.39, 0.29) is 5.91 Å². The molecule has 0 aliphatic heterocycles. The van der Waals surface area contributed by atoms with Crippen LogP contribution >= 0.6 is 11.3 Å².